The molecule has 0 aliphatic rings. The molecule has 6 heteroatoms. The number of para-hydroxylation sites is 1. The highest BCUT2D eigenvalue weighted by molar-refractivity contribution is 7.99. The molecule has 0 atom stereocenters. The largest absolute Gasteiger partial charge is 0.397 e. The summed E-state index contributed by atoms with van der Waals surface area (Å²) in [6.45, 7) is 3.69. The van der Waals surface area contributed by atoms with E-state index in [1.165, 1.54) is 12.3 Å². The molecule has 0 bridgehead atoms. The van der Waals surface area contributed by atoms with Crippen LogP contribution in [0.25, 0.3) is 0 Å². The Morgan fingerprint density at radius 1 is 1.48 bits per heavy atom. The molecule has 1 amide bonds. The second-order valence-electron chi connectivity index (χ2n) is 4.16. The molecule has 0 unspecified atom stereocenters. The quantitative estimate of drug-likeness (QED) is 0.499. The van der Waals surface area contributed by atoms with Crippen molar-refractivity contribution >= 4 is 40.6 Å². The SMILES string of the molecule is C=CCSc1ccccc1NC(=O)c1cc(N)cnc1Cl. The summed E-state index contributed by atoms with van der Waals surface area (Å²) in [7, 11) is 0. The molecule has 108 valence electrons. The smallest absolute Gasteiger partial charge is 0.258 e. The van der Waals surface area contributed by atoms with Crippen LogP contribution in [0, 0.1) is 0 Å². The van der Waals surface area contributed by atoms with Crippen LogP contribution in [-0.2, 0) is 0 Å². The molecule has 0 radical (unpaired) electrons. The Kier molecular flexibility index (Phi) is 5.25. The number of pyridine rings is 1. The third kappa shape index (κ3) is 4.00. The zero-order valence-electron chi connectivity index (χ0n) is 11.2. The van der Waals surface area contributed by atoms with Crippen LogP contribution in [0.4, 0.5) is 11.4 Å². The van der Waals surface area contributed by atoms with Crippen molar-refractivity contribution in [1.82, 2.24) is 4.98 Å². The van der Waals surface area contributed by atoms with Gasteiger partial charge in [-0.25, -0.2) is 4.98 Å². The Hall–Kier alpha value is -1.98. The van der Waals surface area contributed by atoms with Crippen molar-refractivity contribution < 1.29 is 4.79 Å². The van der Waals surface area contributed by atoms with Gasteiger partial charge in [0.2, 0.25) is 0 Å². The van der Waals surface area contributed by atoms with Crippen molar-refractivity contribution in [3.8, 4) is 0 Å². The number of carbonyl (C=O) groups excluding carboxylic acids is 1. The lowest BCUT2D eigenvalue weighted by Crippen LogP contribution is -2.14. The summed E-state index contributed by atoms with van der Waals surface area (Å²) in [5.74, 6) is 0.416. The van der Waals surface area contributed by atoms with Gasteiger partial charge in [0.15, 0.2) is 0 Å². The van der Waals surface area contributed by atoms with Gasteiger partial charge in [0, 0.05) is 10.6 Å². The number of carbonyl (C=O) groups is 1. The van der Waals surface area contributed by atoms with Gasteiger partial charge in [-0.05, 0) is 18.2 Å². The molecule has 1 aromatic carbocycles. The van der Waals surface area contributed by atoms with E-state index in [0.29, 0.717) is 11.4 Å². The van der Waals surface area contributed by atoms with E-state index in [4.69, 9.17) is 17.3 Å². The number of benzene rings is 1. The fraction of sp³-hybridized carbons (Fsp3) is 0.0667. The number of nitrogens with two attached hydrogens (primary N) is 1. The predicted molar refractivity (Wildman–Crippen MR) is 89.0 cm³/mol. The number of aromatic nitrogens is 1. The van der Waals surface area contributed by atoms with Gasteiger partial charge in [-0.2, -0.15) is 0 Å². The minimum absolute atomic E-state index is 0.123. The predicted octanol–water partition coefficient (Wildman–Crippen LogP) is 3.85. The molecule has 2 rings (SSSR count). The molecule has 0 aliphatic heterocycles. The van der Waals surface area contributed by atoms with Crippen molar-refractivity contribution in [3.63, 3.8) is 0 Å². The maximum atomic E-state index is 12.3. The highest BCUT2D eigenvalue weighted by atomic mass is 35.5. The Morgan fingerprint density at radius 3 is 3.00 bits per heavy atom. The number of nitrogens with one attached hydrogen (secondary N) is 1. The van der Waals surface area contributed by atoms with Gasteiger partial charge in [-0.15, -0.1) is 18.3 Å². The molecular formula is C15H14ClN3OS. The average Bonchev–Trinajstić information content (AvgIpc) is 2.48. The van der Waals surface area contributed by atoms with Crippen LogP contribution in [0.1, 0.15) is 10.4 Å². The normalized spacial score (nSPS) is 10.1. The molecule has 0 saturated carbocycles. The zero-order valence-corrected chi connectivity index (χ0v) is 12.7. The monoisotopic (exact) mass is 319 g/mol. The molecule has 2 aromatic rings. The summed E-state index contributed by atoms with van der Waals surface area (Å²) in [6, 6.07) is 9.03. The second-order valence-corrected chi connectivity index (χ2v) is 5.58. The number of amides is 1. The van der Waals surface area contributed by atoms with Crippen molar-refractivity contribution in [2.24, 2.45) is 0 Å². The Morgan fingerprint density at radius 2 is 2.24 bits per heavy atom. The number of anilines is 2. The van der Waals surface area contributed by atoms with Crippen LogP contribution in [-0.4, -0.2) is 16.6 Å². The number of halogens is 1. The van der Waals surface area contributed by atoms with Crippen molar-refractivity contribution in [3.05, 3.63) is 59.9 Å². The molecular weight excluding hydrogens is 306 g/mol. The van der Waals surface area contributed by atoms with Gasteiger partial charge >= 0.3 is 0 Å². The topological polar surface area (TPSA) is 68.0 Å². The number of nitrogens with zero attached hydrogens (tertiary/aromatic N) is 1. The van der Waals surface area contributed by atoms with Gasteiger partial charge < -0.3 is 11.1 Å². The number of hydrogen-bond donors (Lipinski definition) is 2. The Labute approximate surface area is 132 Å². The van der Waals surface area contributed by atoms with Crippen LogP contribution in [0.3, 0.4) is 0 Å². The van der Waals surface area contributed by atoms with Crippen LogP contribution in [0.5, 0.6) is 0 Å². The molecule has 4 nitrogen and oxygen atoms in total. The molecule has 1 aromatic heterocycles. The molecule has 0 fully saturated rings. The standard InChI is InChI=1S/C15H14ClN3OS/c1-2-7-21-13-6-4-3-5-12(13)19-15(20)11-8-10(17)9-18-14(11)16/h2-6,8-9H,1,7,17H2,(H,19,20). The number of thioether (sulfide) groups is 1. The molecule has 21 heavy (non-hydrogen) atoms. The maximum Gasteiger partial charge on any atom is 0.258 e. The maximum absolute atomic E-state index is 12.3. The first-order valence-electron chi connectivity index (χ1n) is 6.17. The first kappa shape index (κ1) is 15.4. The number of rotatable bonds is 5. The molecule has 1 heterocycles. The molecule has 0 spiro atoms. The average molecular weight is 320 g/mol. The number of hydrogen-bond acceptors (Lipinski definition) is 4. The summed E-state index contributed by atoms with van der Waals surface area (Å²) >= 11 is 7.52. The first-order chi connectivity index (χ1) is 10.1. The molecule has 3 N–H and O–H groups in total. The summed E-state index contributed by atoms with van der Waals surface area (Å²) in [6.07, 6.45) is 3.22. The van der Waals surface area contributed by atoms with Crippen molar-refractivity contribution in [2.75, 3.05) is 16.8 Å². The van der Waals surface area contributed by atoms with Gasteiger partial charge in [0.1, 0.15) is 5.15 Å². The minimum Gasteiger partial charge on any atom is -0.397 e. The molecule has 0 saturated heterocycles. The Bertz CT molecular complexity index is 676. The van der Waals surface area contributed by atoms with Crippen LogP contribution >= 0.6 is 23.4 Å². The third-order valence-corrected chi connectivity index (χ3v) is 3.97. The van der Waals surface area contributed by atoms with E-state index in [1.54, 1.807) is 11.8 Å². The fourth-order valence-corrected chi connectivity index (χ4v) is 2.59. The van der Waals surface area contributed by atoms with Crippen LogP contribution in [0.2, 0.25) is 5.15 Å². The van der Waals surface area contributed by atoms with Crippen LogP contribution < -0.4 is 11.1 Å². The van der Waals surface area contributed by atoms with E-state index in [2.05, 4.69) is 16.9 Å². The Balaban J connectivity index is 2.23. The van der Waals surface area contributed by atoms with Gasteiger partial charge in [0.05, 0.1) is 23.1 Å². The highest BCUT2D eigenvalue weighted by Crippen LogP contribution is 2.28. The van der Waals surface area contributed by atoms with E-state index >= 15 is 0 Å². The number of nitrogen functional groups attached to an aromatic ring is 1. The van der Waals surface area contributed by atoms with E-state index in [9.17, 15) is 4.79 Å². The third-order valence-electron chi connectivity index (χ3n) is 2.60. The fourth-order valence-electron chi connectivity index (χ4n) is 1.66. The van der Waals surface area contributed by atoms with E-state index in [1.807, 2.05) is 30.3 Å². The first-order valence-corrected chi connectivity index (χ1v) is 7.53. The van der Waals surface area contributed by atoms with Gasteiger partial charge in [-0.1, -0.05) is 29.8 Å². The van der Waals surface area contributed by atoms with Crippen LogP contribution in [0.15, 0.2) is 54.1 Å². The summed E-state index contributed by atoms with van der Waals surface area (Å²) in [5, 5.41) is 2.95. The van der Waals surface area contributed by atoms with Crippen molar-refractivity contribution in [1.29, 1.82) is 0 Å². The van der Waals surface area contributed by atoms with Gasteiger partial charge in [0.25, 0.3) is 5.91 Å². The molecule has 0 aliphatic carbocycles. The van der Waals surface area contributed by atoms with E-state index in [-0.39, 0.29) is 16.6 Å². The zero-order chi connectivity index (χ0) is 15.2. The lowest BCUT2D eigenvalue weighted by Gasteiger charge is -2.11. The second kappa shape index (κ2) is 7.15. The highest BCUT2D eigenvalue weighted by Gasteiger charge is 2.13. The van der Waals surface area contributed by atoms with Gasteiger partial charge in [-0.3, -0.25) is 4.79 Å². The lowest BCUT2D eigenvalue weighted by molar-refractivity contribution is 0.102. The summed E-state index contributed by atoms with van der Waals surface area (Å²) in [5.41, 5.74) is 6.99. The minimum atomic E-state index is -0.341. The van der Waals surface area contributed by atoms with E-state index < -0.39 is 0 Å². The summed E-state index contributed by atoms with van der Waals surface area (Å²) < 4.78 is 0. The summed E-state index contributed by atoms with van der Waals surface area (Å²) in [4.78, 5) is 17.1. The van der Waals surface area contributed by atoms with Crippen molar-refractivity contribution in [2.45, 2.75) is 4.90 Å². The van der Waals surface area contributed by atoms with E-state index in [0.717, 1.165) is 10.6 Å². The lowest BCUT2D eigenvalue weighted by atomic mass is 10.2.